The number of nitrogens with zero attached hydrogens (tertiary/aromatic N) is 2. The van der Waals surface area contributed by atoms with E-state index < -0.39 is 12.2 Å². The quantitative estimate of drug-likeness (QED) is 0.857. The van der Waals surface area contributed by atoms with Crippen molar-refractivity contribution in [3.05, 3.63) is 16.2 Å². The van der Waals surface area contributed by atoms with Gasteiger partial charge in [-0.25, -0.2) is 4.98 Å². The number of nitrogen functional groups attached to an aromatic ring is 1. The predicted molar refractivity (Wildman–Crippen MR) is 47.7 cm³/mol. The number of halogens is 4. The van der Waals surface area contributed by atoms with E-state index in [0.29, 0.717) is 0 Å². The minimum Gasteiger partial charge on any atom is -0.393 e. The number of nitrogens with two attached hydrogens (primary N) is 1. The first-order chi connectivity index (χ1) is 6.85. The first-order valence-corrected chi connectivity index (χ1v) is 4.24. The second kappa shape index (κ2) is 3.94. The van der Waals surface area contributed by atoms with E-state index >= 15 is 0 Å². The molecule has 1 heterocycles. The summed E-state index contributed by atoms with van der Waals surface area (Å²) in [6, 6.07) is 1.70. The van der Waals surface area contributed by atoms with Crippen molar-refractivity contribution in [2.75, 3.05) is 5.73 Å². The van der Waals surface area contributed by atoms with Crippen molar-refractivity contribution in [1.29, 1.82) is 5.26 Å². The van der Waals surface area contributed by atoms with Gasteiger partial charge in [0.25, 0.3) is 0 Å². The summed E-state index contributed by atoms with van der Waals surface area (Å²) in [6.07, 6.45) is -3.93. The van der Waals surface area contributed by atoms with Gasteiger partial charge in [0.1, 0.15) is 11.8 Å². The molecule has 0 amide bonds. The molecule has 0 aliphatic carbocycles. The summed E-state index contributed by atoms with van der Waals surface area (Å²) in [5.41, 5.74) is 4.94. The van der Waals surface area contributed by atoms with Crippen LogP contribution in [0.1, 0.15) is 5.56 Å². The molecular weight excluding hydrogens is 279 g/mol. The highest BCUT2D eigenvalue weighted by molar-refractivity contribution is 9.10. The fourth-order valence-electron chi connectivity index (χ4n) is 0.757. The third-order valence-corrected chi connectivity index (χ3v) is 2.20. The Balaban J connectivity index is 3.14. The summed E-state index contributed by atoms with van der Waals surface area (Å²) < 4.78 is 39.1. The Morgan fingerprint density at radius 3 is 2.60 bits per heavy atom. The molecule has 0 aromatic carbocycles. The number of alkyl halides is 3. The zero-order chi connectivity index (χ0) is 11.6. The Labute approximate surface area is 90.6 Å². The summed E-state index contributed by atoms with van der Waals surface area (Å²) in [5, 5.41) is 8.53. The van der Waals surface area contributed by atoms with Gasteiger partial charge in [0, 0.05) is 6.20 Å². The SMILES string of the molecule is N#Cc1cnc(OC(F)(F)F)c(N)c1Br. The highest BCUT2D eigenvalue weighted by atomic mass is 79.9. The lowest BCUT2D eigenvalue weighted by atomic mass is 10.3. The largest absolute Gasteiger partial charge is 0.574 e. The summed E-state index contributed by atoms with van der Waals surface area (Å²) in [6.45, 7) is 0. The minimum absolute atomic E-state index is 0.0271. The van der Waals surface area contributed by atoms with Gasteiger partial charge in [-0.3, -0.25) is 0 Å². The molecule has 1 aromatic heterocycles. The highest BCUT2D eigenvalue weighted by Gasteiger charge is 2.33. The summed E-state index contributed by atoms with van der Waals surface area (Å²) >= 11 is 2.86. The molecule has 4 nitrogen and oxygen atoms in total. The lowest BCUT2D eigenvalue weighted by Gasteiger charge is -2.10. The Hall–Kier alpha value is -1.49. The van der Waals surface area contributed by atoms with Crippen molar-refractivity contribution in [2.45, 2.75) is 6.36 Å². The van der Waals surface area contributed by atoms with Gasteiger partial charge >= 0.3 is 6.36 Å². The van der Waals surface area contributed by atoms with Crippen molar-refractivity contribution < 1.29 is 17.9 Å². The standard InChI is InChI=1S/C7H3BrF3N3O/c8-4-3(1-12)2-14-6(5(4)13)15-7(9,10)11/h2H,13H2. The normalized spacial score (nSPS) is 10.9. The summed E-state index contributed by atoms with van der Waals surface area (Å²) in [5.74, 6) is -0.784. The number of ether oxygens (including phenoxy) is 1. The van der Waals surface area contributed by atoms with Gasteiger partial charge < -0.3 is 10.5 Å². The molecule has 1 rings (SSSR count). The number of hydrogen-bond donors (Lipinski definition) is 1. The smallest absolute Gasteiger partial charge is 0.393 e. The molecule has 0 radical (unpaired) electrons. The average molecular weight is 282 g/mol. The van der Waals surface area contributed by atoms with Crippen LogP contribution in [0, 0.1) is 11.3 Å². The van der Waals surface area contributed by atoms with E-state index in [1.165, 1.54) is 0 Å². The molecule has 0 aliphatic rings. The van der Waals surface area contributed by atoms with Crippen LogP contribution in [0.3, 0.4) is 0 Å². The average Bonchev–Trinajstić information content (AvgIpc) is 2.11. The molecule has 0 aliphatic heterocycles. The Bertz CT molecular complexity index is 427. The van der Waals surface area contributed by atoms with Crippen LogP contribution in [0.25, 0.3) is 0 Å². The van der Waals surface area contributed by atoms with Crippen molar-refractivity contribution in [1.82, 2.24) is 4.98 Å². The molecule has 0 spiro atoms. The Morgan fingerprint density at radius 2 is 2.13 bits per heavy atom. The van der Waals surface area contributed by atoms with Crippen LogP contribution in [-0.4, -0.2) is 11.3 Å². The number of rotatable bonds is 1. The second-order valence-corrected chi connectivity index (χ2v) is 3.16. The van der Waals surface area contributed by atoms with Gasteiger partial charge in [-0.15, -0.1) is 13.2 Å². The molecule has 1 aromatic rings. The molecule has 0 saturated heterocycles. The second-order valence-electron chi connectivity index (χ2n) is 2.36. The predicted octanol–water partition coefficient (Wildman–Crippen LogP) is 2.20. The van der Waals surface area contributed by atoms with Crippen molar-refractivity contribution in [3.8, 4) is 11.9 Å². The monoisotopic (exact) mass is 281 g/mol. The number of pyridine rings is 1. The molecule has 80 valence electrons. The van der Waals surface area contributed by atoms with Crippen LogP contribution in [0.5, 0.6) is 5.88 Å². The van der Waals surface area contributed by atoms with Crippen molar-refractivity contribution in [2.24, 2.45) is 0 Å². The maximum Gasteiger partial charge on any atom is 0.574 e. The Morgan fingerprint density at radius 1 is 1.53 bits per heavy atom. The molecule has 8 heteroatoms. The fourth-order valence-corrected chi connectivity index (χ4v) is 1.12. The van der Waals surface area contributed by atoms with Crippen molar-refractivity contribution in [3.63, 3.8) is 0 Å². The topological polar surface area (TPSA) is 71.9 Å². The van der Waals surface area contributed by atoms with Crippen LogP contribution < -0.4 is 10.5 Å². The minimum atomic E-state index is -4.87. The van der Waals surface area contributed by atoms with Gasteiger partial charge in [-0.2, -0.15) is 5.26 Å². The lowest BCUT2D eigenvalue weighted by Crippen LogP contribution is -2.19. The van der Waals surface area contributed by atoms with E-state index in [0.717, 1.165) is 6.20 Å². The number of aromatic nitrogens is 1. The molecule has 0 bridgehead atoms. The molecule has 2 N–H and O–H groups in total. The van der Waals surface area contributed by atoms with Gasteiger partial charge in [0.2, 0.25) is 5.88 Å². The van der Waals surface area contributed by atoms with Gasteiger partial charge in [-0.1, -0.05) is 0 Å². The molecule has 0 atom stereocenters. The third kappa shape index (κ3) is 2.73. The summed E-state index contributed by atoms with van der Waals surface area (Å²) in [4.78, 5) is 3.28. The molecule has 0 unspecified atom stereocenters. The molecule has 0 saturated carbocycles. The van der Waals surface area contributed by atoms with Gasteiger partial charge in [0.05, 0.1) is 10.0 Å². The molecule has 15 heavy (non-hydrogen) atoms. The molecule has 0 fully saturated rings. The van der Waals surface area contributed by atoms with E-state index in [-0.39, 0.29) is 15.7 Å². The summed E-state index contributed by atoms with van der Waals surface area (Å²) in [7, 11) is 0. The maximum atomic E-state index is 11.8. The van der Waals surface area contributed by atoms with Crippen LogP contribution >= 0.6 is 15.9 Å². The lowest BCUT2D eigenvalue weighted by molar-refractivity contribution is -0.275. The van der Waals surface area contributed by atoms with E-state index in [2.05, 4.69) is 25.7 Å². The zero-order valence-corrected chi connectivity index (χ0v) is 8.56. The van der Waals surface area contributed by atoms with E-state index in [1.807, 2.05) is 0 Å². The third-order valence-electron chi connectivity index (χ3n) is 1.35. The maximum absolute atomic E-state index is 11.8. The Kier molecular flexibility index (Phi) is 3.04. The van der Waals surface area contributed by atoms with Gasteiger partial charge in [0.15, 0.2) is 0 Å². The van der Waals surface area contributed by atoms with Crippen LogP contribution in [0.15, 0.2) is 10.7 Å². The van der Waals surface area contributed by atoms with Crippen LogP contribution in [0.2, 0.25) is 0 Å². The highest BCUT2D eigenvalue weighted by Crippen LogP contribution is 2.33. The first kappa shape index (κ1) is 11.6. The number of nitriles is 1. The van der Waals surface area contributed by atoms with Gasteiger partial charge in [-0.05, 0) is 15.9 Å². The molecular formula is C7H3BrF3N3O. The fraction of sp³-hybridized carbons (Fsp3) is 0.143. The van der Waals surface area contributed by atoms with Crippen molar-refractivity contribution >= 4 is 21.6 Å². The number of anilines is 1. The first-order valence-electron chi connectivity index (χ1n) is 3.45. The van der Waals surface area contributed by atoms with E-state index in [1.54, 1.807) is 6.07 Å². The van der Waals surface area contributed by atoms with E-state index in [4.69, 9.17) is 11.0 Å². The number of hydrogen-bond acceptors (Lipinski definition) is 4. The van der Waals surface area contributed by atoms with Crippen LogP contribution in [-0.2, 0) is 0 Å². The van der Waals surface area contributed by atoms with E-state index in [9.17, 15) is 13.2 Å². The van der Waals surface area contributed by atoms with Crippen LogP contribution in [0.4, 0.5) is 18.9 Å². The zero-order valence-electron chi connectivity index (χ0n) is 6.97.